The van der Waals surface area contributed by atoms with Gasteiger partial charge in [0.15, 0.2) is 6.67 Å². The molecule has 0 fully saturated rings. The van der Waals surface area contributed by atoms with Gasteiger partial charge >= 0.3 is 24.3 Å². The molecule has 98 valence electrons. The van der Waals surface area contributed by atoms with Gasteiger partial charge in [-0.25, -0.2) is 9.13 Å². The molecule has 0 rings (SSSR count). The van der Waals surface area contributed by atoms with Crippen LogP contribution in [0, 0.1) is 0 Å². The van der Waals surface area contributed by atoms with E-state index >= 15 is 0 Å². The zero-order valence-corrected chi connectivity index (χ0v) is 6.89. The van der Waals surface area contributed by atoms with Crippen LogP contribution in [0.3, 0.4) is 0 Å². The Morgan fingerprint density at radius 1 is 0.688 bits per heavy atom. The van der Waals surface area contributed by atoms with Crippen LogP contribution in [0.4, 0.5) is 43.9 Å². The molecule has 0 bridgehead atoms. The molecule has 0 atom stereocenters. The second-order valence-corrected chi connectivity index (χ2v) is 2.47. The predicted molar refractivity (Wildman–Crippen MR) is 28.0 cm³/mol. The van der Waals surface area contributed by atoms with Gasteiger partial charge in [-0.3, -0.25) is 0 Å². The van der Waals surface area contributed by atoms with Gasteiger partial charge in [-0.05, 0) is 0 Å². The van der Waals surface area contributed by atoms with E-state index in [9.17, 15) is 43.9 Å². The highest BCUT2D eigenvalue weighted by atomic mass is 19.4. The molecule has 0 aromatic carbocycles. The van der Waals surface area contributed by atoms with Crippen molar-refractivity contribution in [1.29, 1.82) is 0 Å². The monoisotopic (exact) mass is 268 g/mol. The van der Waals surface area contributed by atoms with E-state index < -0.39 is 31.0 Å². The second-order valence-electron chi connectivity index (χ2n) is 2.47. The van der Waals surface area contributed by atoms with Crippen molar-refractivity contribution in [3.8, 4) is 0 Å². The quantitative estimate of drug-likeness (QED) is 0.710. The van der Waals surface area contributed by atoms with E-state index in [1.54, 1.807) is 4.74 Å². The van der Waals surface area contributed by atoms with Crippen LogP contribution in [0.15, 0.2) is 0 Å². The summed E-state index contributed by atoms with van der Waals surface area (Å²) in [6, 6.07) is 0. The topological polar surface area (TPSA) is 9.23 Å². The summed E-state index contributed by atoms with van der Waals surface area (Å²) in [6.45, 7) is -3.16. The Labute approximate surface area is 81.0 Å². The molecule has 0 heterocycles. The molecule has 0 aromatic heterocycles. The lowest BCUT2D eigenvalue weighted by Crippen LogP contribution is -2.52. The largest absolute Gasteiger partial charge is 0.483 e. The Hall–Kier alpha value is -0.740. The van der Waals surface area contributed by atoms with Gasteiger partial charge in [-0.1, -0.05) is 0 Å². The second kappa shape index (κ2) is 3.93. The van der Waals surface area contributed by atoms with Crippen LogP contribution in [-0.4, -0.2) is 31.0 Å². The number of halogens is 10. The van der Waals surface area contributed by atoms with Gasteiger partial charge in [0.1, 0.15) is 0 Å². The molecule has 0 radical (unpaired) electrons. The number of hydrogen-bond acceptors (Lipinski definition) is 1. The first-order chi connectivity index (χ1) is 6.77. The first kappa shape index (κ1) is 15.3. The van der Waals surface area contributed by atoms with Crippen molar-refractivity contribution < 1.29 is 48.6 Å². The van der Waals surface area contributed by atoms with E-state index in [4.69, 9.17) is 0 Å². The molecule has 0 aromatic rings. The summed E-state index contributed by atoms with van der Waals surface area (Å²) in [5, 5.41) is 0. The van der Waals surface area contributed by atoms with Crippen LogP contribution in [0.2, 0.25) is 0 Å². The van der Waals surface area contributed by atoms with Crippen molar-refractivity contribution in [2.45, 2.75) is 24.3 Å². The molecule has 0 aliphatic rings. The van der Waals surface area contributed by atoms with Crippen LogP contribution in [0.5, 0.6) is 0 Å². The number of rotatable bonds is 4. The Bertz CT molecular complexity index is 242. The lowest BCUT2D eigenvalue weighted by molar-refractivity contribution is -0.486. The smallest absolute Gasteiger partial charge is 0.244 e. The Kier molecular flexibility index (Phi) is 3.75. The fourth-order valence-electron chi connectivity index (χ4n) is 0.371. The molecule has 16 heavy (non-hydrogen) atoms. The van der Waals surface area contributed by atoms with Gasteiger partial charge < -0.3 is 0 Å². The summed E-state index contributed by atoms with van der Waals surface area (Å²) in [7, 11) is 0. The van der Waals surface area contributed by atoms with Crippen molar-refractivity contribution in [2.24, 2.45) is 0 Å². The van der Waals surface area contributed by atoms with Gasteiger partial charge in [-0.2, -0.15) is 39.5 Å². The fourth-order valence-corrected chi connectivity index (χ4v) is 0.371. The van der Waals surface area contributed by atoms with Gasteiger partial charge in [-0.15, -0.1) is 0 Å². The number of alkyl halides is 10. The summed E-state index contributed by atoms with van der Waals surface area (Å²) in [4.78, 5) is 0. The average Bonchev–Trinajstić information content (AvgIpc) is 1.99. The molecule has 0 amide bonds. The minimum Gasteiger partial charge on any atom is -0.244 e. The van der Waals surface area contributed by atoms with E-state index in [2.05, 4.69) is 0 Å². The van der Waals surface area contributed by atoms with Gasteiger partial charge in [0.25, 0.3) is 0 Å². The average molecular weight is 268 g/mol. The molecule has 11 heteroatoms. The lowest BCUT2D eigenvalue weighted by Gasteiger charge is -2.28. The summed E-state index contributed by atoms with van der Waals surface area (Å²) >= 11 is 0. The molecular formula is C5H2F10O. The fraction of sp³-hybridized carbons (Fsp3) is 1.00. The van der Waals surface area contributed by atoms with E-state index in [-0.39, 0.29) is 0 Å². The van der Waals surface area contributed by atoms with Crippen LogP contribution < -0.4 is 0 Å². The van der Waals surface area contributed by atoms with Crippen molar-refractivity contribution in [3.63, 3.8) is 0 Å². The lowest BCUT2D eigenvalue weighted by atomic mass is 10.3. The van der Waals surface area contributed by atoms with E-state index in [0.29, 0.717) is 0 Å². The summed E-state index contributed by atoms with van der Waals surface area (Å²) in [5.41, 5.74) is 0. The van der Waals surface area contributed by atoms with E-state index in [0.717, 1.165) is 0 Å². The maximum Gasteiger partial charge on any atom is 0.483 e. The van der Waals surface area contributed by atoms with Crippen LogP contribution in [0.25, 0.3) is 0 Å². The minimum atomic E-state index is -6.62. The molecule has 0 saturated carbocycles. The summed E-state index contributed by atoms with van der Waals surface area (Å²) < 4.78 is 118. The highest BCUT2D eigenvalue weighted by molar-refractivity contribution is 4.79. The van der Waals surface area contributed by atoms with Crippen LogP contribution in [-0.2, 0) is 4.74 Å². The Morgan fingerprint density at radius 3 is 1.31 bits per heavy atom. The third-order valence-corrected chi connectivity index (χ3v) is 1.18. The molecule has 0 aliphatic heterocycles. The molecule has 0 spiro atoms. The van der Waals surface area contributed by atoms with Crippen molar-refractivity contribution in [3.05, 3.63) is 0 Å². The van der Waals surface area contributed by atoms with Crippen LogP contribution >= 0.6 is 0 Å². The molecule has 0 aliphatic carbocycles. The Morgan fingerprint density at radius 2 is 1.06 bits per heavy atom. The normalized spacial score (nSPS) is 15.4. The predicted octanol–water partition coefficient (Wildman–Crippen LogP) is 3.36. The molecular weight excluding hydrogens is 266 g/mol. The zero-order valence-electron chi connectivity index (χ0n) is 6.89. The standard InChI is InChI=1S/C5H2F10O/c6-1-2(7,8)4(12,13)16-5(14,15)3(9,10)11/h1H2. The SMILES string of the molecule is FCC(F)(F)C(F)(F)OC(F)(F)C(F)(F)F. The highest BCUT2D eigenvalue weighted by Gasteiger charge is 2.70. The minimum absolute atomic E-state index is 1.66. The van der Waals surface area contributed by atoms with Crippen molar-refractivity contribution in [2.75, 3.05) is 6.67 Å². The van der Waals surface area contributed by atoms with Crippen LogP contribution in [0.1, 0.15) is 0 Å². The molecule has 1 nitrogen and oxygen atoms in total. The first-order valence-corrected chi connectivity index (χ1v) is 3.23. The summed E-state index contributed by atoms with van der Waals surface area (Å²) in [6.07, 6.45) is -19.4. The maximum atomic E-state index is 12.0. The third-order valence-electron chi connectivity index (χ3n) is 1.18. The zero-order chi connectivity index (χ0) is 13.4. The third kappa shape index (κ3) is 2.89. The highest BCUT2D eigenvalue weighted by Crippen LogP contribution is 2.45. The van der Waals surface area contributed by atoms with Crippen molar-refractivity contribution >= 4 is 0 Å². The molecule has 0 unspecified atom stereocenters. The maximum absolute atomic E-state index is 12.0. The first-order valence-electron chi connectivity index (χ1n) is 3.23. The van der Waals surface area contributed by atoms with E-state index in [1.807, 2.05) is 0 Å². The van der Waals surface area contributed by atoms with Crippen molar-refractivity contribution in [1.82, 2.24) is 0 Å². The number of hydrogen-bond donors (Lipinski definition) is 0. The summed E-state index contributed by atoms with van der Waals surface area (Å²) in [5.74, 6) is -5.79. The van der Waals surface area contributed by atoms with E-state index in [1.165, 1.54) is 0 Å². The molecule has 0 N–H and O–H groups in total. The van der Waals surface area contributed by atoms with Gasteiger partial charge in [0.2, 0.25) is 0 Å². The Balaban J connectivity index is 4.99. The molecule has 0 saturated heterocycles. The van der Waals surface area contributed by atoms with Gasteiger partial charge in [0.05, 0.1) is 0 Å². The van der Waals surface area contributed by atoms with Gasteiger partial charge in [0, 0.05) is 0 Å². The number of ether oxygens (including phenoxy) is 1.